The summed E-state index contributed by atoms with van der Waals surface area (Å²) in [6.45, 7) is 0.387. The molecule has 0 atom stereocenters. The number of thioether (sulfide) groups is 1. The van der Waals surface area contributed by atoms with E-state index in [1.54, 1.807) is 6.07 Å². The predicted molar refractivity (Wildman–Crippen MR) is 99.8 cm³/mol. The zero-order valence-corrected chi connectivity index (χ0v) is 15.7. The lowest BCUT2D eigenvalue weighted by molar-refractivity contribution is -0.119. The number of carbonyl (C=O) groups is 2. The number of nitrogens with two attached hydrogens (primary N) is 1. The summed E-state index contributed by atoms with van der Waals surface area (Å²) in [5.74, 6) is 0.540. The average Bonchev–Trinajstić information content (AvgIpc) is 3.37. The summed E-state index contributed by atoms with van der Waals surface area (Å²) in [7, 11) is 0. The molecule has 2 amide bonds. The second-order valence-electron chi connectivity index (χ2n) is 6.12. The van der Waals surface area contributed by atoms with Gasteiger partial charge < -0.3 is 15.6 Å². The van der Waals surface area contributed by atoms with Gasteiger partial charge in [0, 0.05) is 30.5 Å². The van der Waals surface area contributed by atoms with E-state index in [1.165, 1.54) is 11.8 Å². The van der Waals surface area contributed by atoms with E-state index in [2.05, 4.69) is 15.5 Å². The van der Waals surface area contributed by atoms with E-state index in [0.717, 1.165) is 24.2 Å². The number of carbonyl (C=O) groups excluding carboxylic acids is 2. The summed E-state index contributed by atoms with van der Waals surface area (Å²) in [5, 5.41) is 12.5. The second-order valence-corrected chi connectivity index (χ2v) is 7.47. The minimum absolute atomic E-state index is 0.0982. The molecule has 1 heterocycles. The molecule has 1 aromatic heterocycles. The second kappa shape index (κ2) is 8.55. The van der Waals surface area contributed by atoms with Gasteiger partial charge in [0.1, 0.15) is 5.82 Å². The Labute approximate surface area is 160 Å². The maximum Gasteiger partial charge on any atom is 0.230 e. The standard InChI is InChI=1S/C17H20ClN5O2S/c18-13-4-2-1-3-11(13)9-20-16(25)10-26-17-22-21-15(8-7-14(19)24)23(17)12-5-6-12/h1-4,12H,5-10H2,(H2,19,24)(H,20,25). The van der Waals surface area contributed by atoms with E-state index in [9.17, 15) is 9.59 Å². The maximum absolute atomic E-state index is 12.1. The minimum Gasteiger partial charge on any atom is -0.370 e. The van der Waals surface area contributed by atoms with Gasteiger partial charge in [-0.15, -0.1) is 10.2 Å². The van der Waals surface area contributed by atoms with Gasteiger partial charge >= 0.3 is 0 Å². The number of aromatic nitrogens is 3. The summed E-state index contributed by atoms with van der Waals surface area (Å²) in [4.78, 5) is 23.1. The van der Waals surface area contributed by atoms with E-state index < -0.39 is 0 Å². The number of nitrogens with one attached hydrogen (secondary N) is 1. The van der Waals surface area contributed by atoms with Crippen molar-refractivity contribution in [3.63, 3.8) is 0 Å². The highest BCUT2D eigenvalue weighted by Gasteiger charge is 2.29. The number of amides is 2. The van der Waals surface area contributed by atoms with Crippen LogP contribution in [0.1, 0.15) is 36.7 Å². The van der Waals surface area contributed by atoms with Gasteiger partial charge in [-0.05, 0) is 24.5 Å². The Morgan fingerprint density at radius 2 is 2.08 bits per heavy atom. The summed E-state index contributed by atoms with van der Waals surface area (Å²) in [6.07, 6.45) is 2.84. The Bertz CT molecular complexity index is 806. The molecule has 2 aromatic rings. The predicted octanol–water partition coefficient (Wildman–Crippen LogP) is 2.09. The van der Waals surface area contributed by atoms with Crippen LogP contribution in [0.15, 0.2) is 29.4 Å². The highest BCUT2D eigenvalue weighted by Crippen LogP contribution is 2.38. The third-order valence-electron chi connectivity index (χ3n) is 4.01. The molecule has 1 saturated carbocycles. The number of aryl methyl sites for hydroxylation is 1. The van der Waals surface area contributed by atoms with Crippen molar-refractivity contribution in [3.05, 3.63) is 40.7 Å². The van der Waals surface area contributed by atoms with E-state index in [0.29, 0.717) is 29.2 Å². The molecule has 1 aliphatic rings. The SMILES string of the molecule is NC(=O)CCc1nnc(SCC(=O)NCc2ccccc2Cl)n1C1CC1. The Balaban J connectivity index is 1.55. The van der Waals surface area contributed by atoms with Crippen molar-refractivity contribution < 1.29 is 9.59 Å². The van der Waals surface area contributed by atoms with Crippen LogP contribution in [0.25, 0.3) is 0 Å². The van der Waals surface area contributed by atoms with Crippen LogP contribution in [0.4, 0.5) is 0 Å². The Morgan fingerprint density at radius 1 is 1.31 bits per heavy atom. The first-order valence-corrected chi connectivity index (χ1v) is 9.76. The third kappa shape index (κ3) is 4.98. The topological polar surface area (TPSA) is 103 Å². The first kappa shape index (κ1) is 18.7. The summed E-state index contributed by atoms with van der Waals surface area (Å²) in [6, 6.07) is 7.77. The Kier molecular flexibility index (Phi) is 6.16. The highest BCUT2D eigenvalue weighted by molar-refractivity contribution is 7.99. The average molecular weight is 394 g/mol. The van der Waals surface area contributed by atoms with Crippen molar-refractivity contribution in [1.29, 1.82) is 0 Å². The van der Waals surface area contributed by atoms with Gasteiger partial charge in [-0.2, -0.15) is 0 Å². The van der Waals surface area contributed by atoms with Crippen LogP contribution in [0.3, 0.4) is 0 Å². The highest BCUT2D eigenvalue weighted by atomic mass is 35.5. The Morgan fingerprint density at radius 3 is 2.77 bits per heavy atom. The molecule has 0 aliphatic heterocycles. The zero-order chi connectivity index (χ0) is 18.5. The molecule has 0 spiro atoms. The van der Waals surface area contributed by atoms with E-state index >= 15 is 0 Å². The molecule has 0 saturated heterocycles. The number of nitrogens with zero attached hydrogens (tertiary/aromatic N) is 3. The van der Waals surface area contributed by atoms with Crippen molar-refractivity contribution in [2.75, 3.05) is 5.75 Å². The fourth-order valence-electron chi connectivity index (χ4n) is 2.53. The molecule has 7 nitrogen and oxygen atoms in total. The molecule has 3 rings (SSSR count). The van der Waals surface area contributed by atoms with E-state index in [1.807, 2.05) is 22.8 Å². The number of primary amides is 1. The van der Waals surface area contributed by atoms with Crippen LogP contribution in [0.2, 0.25) is 5.02 Å². The normalized spacial score (nSPS) is 13.6. The van der Waals surface area contributed by atoms with Gasteiger partial charge in [0.2, 0.25) is 11.8 Å². The van der Waals surface area contributed by atoms with Crippen molar-refractivity contribution >= 4 is 35.2 Å². The summed E-state index contributed by atoms with van der Waals surface area (Å²) < 4.78 is 2.04. The maximum atomic E-state index is 12.1. The summed E-state index contributed by atoms with van der Waals surface area (Å²) in [5.41, 5.74) is 6.09. The van der Waals surface area contributed by atoms with Gasteiger partial charge in [0.25, 0.3) is 0 Å². The lowest BCUT2D eigenvalue weighted by Gasteiger charge is -2.09. The summed E-state index contributed by atoms with van der Waals surface area (Å²) >= 11 is 7.43. The van der Waals surface area contributed by atoms with Gasteiger partial charge in [0.15, 0.2) is 5.16 Å². The van der Waals surface area contributed by atoms with Crippen molar-refractivity contribution in [2.45, 2.75) is 43.4 Å². The molecule has 1 aromatic carbocycles. The molecule has 26 heavy (non-hydrogen) atoms. The van der Waals surface area contributed by atoms with Crippen LogP contribution in [-0.4, -0.2) is 32.3 Å². The van der Waals surface area contributed by atoms with Gasteiger partial charge in [-0.1, -0.05) is 41.6 Å². The molecule has 0 radical (unpaired) electrons. The molecule has 1 fully saturated rings. The fourth-order valence-corrected chi connectivity index (χ4v) is 3.58. The molecule has 138 valence electrons. The van der Waals surface area contributed by atoms with Crippen LogP contribution >= 0.6 is 23.4 Å². The van der Waals surface area contributed by atoms with Crippen molar-refractivity contribution in [2.24, 2.45) is 5.73 Å². The monoisotopic (exact) mass is 393 g/mol. The Hall–Kier alpha value is -2.06. The van der Waals surface area contributed by atoms with Crippen molar-refractivity contribution in [1.82, 2.24) is 20.1 Å². The lowest BCUT2D eigenvalue weighted by Crippen LogP contribution is -2.24. The molecular weight excluding hydrogens is 374 g/mol. The van der Waals surface area contributed by atoms with Gasteiger partial charge in [-0.3, -0.25) is 9.59 Å². The minimum atomic E-state index is -0.358. The lowest BCUT2D eigenvalue weighted by atomic mass is 10.2. The number of hydrogen-bond donors (Lipinski definition) is 2. The molecule has 9 heteroatoms. The van der Waals surface area contributed by atoms with Crippen LogP contribution in [0, 0.1) is 0 Å². The van der Waals surface area contributed by atoms with Crippen LogP contribution in [-0.2, 0) is 22.6 Å². The number of hydrogen-bond acceptors (Lipinski definition) is 5. The molecule has 3 N–H and O–H groups in total. The quantitative estimate of drug-likeness (QED) is 0.635. The first-order valence-electron chi connectivity index (χ1n) is 8.39. The van der Waals surface area contributed by atoms with Gasteiger partial charge in [-0.25, -0.2) is 0 Å². The van der Waals surface area contributed by atoms with Crippen molar-refractivity contribution in [3.8, 4) is 0 Å². The fraction of sp³-hybridized carbons (Fsp3) is 0.412. The molecule has 0 unspecified atom stereocenters. The largest absolute Gasteiger partial charge is 0.370 e. The van der Waals surface area contributed by atoms with Gasteiger partial charge in [0.05, 0.1) is 5.75 Å². The number of benzene rings is 1. The van der Waals surface area contributed by atoms with E-state index in [-0.39, 0.29) is 24.0 Å². The number of halogens is 1. The van der Waals surface area contributed by atoms with Crippen LogP contribution < -0.4 is 11.1 Å². The van der Waals surface area contributed by atoms with E-state index in [4.69, 9.17) is 17.3 Å². The molecule has 1 aliphatic carbocycles. The smallest absolute Gasteiger partial charge is 0.230 e. The van der Waals surface area contributed by atoms with Crippen LogP contribution in [0.5, 0.6) is 0 Å². The number of rotatable bonds is 9. The molecule has 0 bridgehead atoms. The third-order valence-corrected chi connectivity index (χ3v) is 5.32. The first-order chi connectivity index (χ1) is 12.5. The zero-order valence-electron chi connectivity index (χ0n) is 14.2. The molecular formula is C17H20ClN5O2S.